The lowest BCUT2D eigenvalue weighted by molar-refractivity contribution is 0.230. The van der Waals surface area contributed by atoms with Crippen molar-refractivity contribution >= 4 is 0 Å². The molecule has 1 aliphatic rings. The summed E-state index contributed by atoms with van der Waals surface area (Å²) >= 11 is 0. The number of rotatable bonds is 3. The van der Waals surface area contributed by atoms with Crippen molar-refractivity contribution in [2.24, 2.45) is 0 Å². The highest BCUT2D eigenvalue weighted by atomic mass is 16.4. The van der Waals surface area contributed by atoms with E-state index in [1.165, 1.54) is 0 Å². The maximum absolute atomic E-state index is 5.55. The van der Waals surface area contributed by atoms with Gasteiger partial charge in [-0.25, -0.2) is 4.98 Å². The maximum Gasteiger partial charge on any atom is 0.194 e. The smallest absolute Gasteiger partial charge is 0.194 e. The normalized spacial score (nSPS) is 18.3. The summed E-state index contributed by atoms with van der Waals surface area (Å²) in [6.45, 7) is 9.37. The van der Waals surface area contributed by atoms with Gasteiger partial charge in [-0.3, -0.25) is 4.90 Å². The van der Waals surface area contributed by atoms with Crippen LogP contribution in [0.1, 0.15) is 24.3 Å². The van der Waals surface area contributed by atoms with Crippen molar-refractivity contribution in [1.29, 1.82) is 0 Å². The number of oxazole rings is 1. The van der Waals surface area contributed by atoms with E-state index in [9.17, 15) is 0 Å². The van der Waals surface area contributed by atoms with Crippen LogP contribution in [0.3, 0.4) is 0 Å². The van der Waals surface area contributed by atoms with Crippen LogP contribution in [0.25, 0.3) is 0 Å². The maximum atomic E-state index is 5.55. The fourth-order valence-corrected chi connectivity index (χ4v) is 1.87. The van der Waals surface area contributed by atoms with Crippen molar-refractivity contribution in [3.63, 3.8) is 0 Å². The highest BCUT2D eigenvalue weighted by Gasteiger charge is 2.14. The minimum absolute atomic E-state index is 0.859. The summed E-state index contributed by atoms with van der Waals surface area (Å²) in [4.78, 5) is 6.91. The minimum Gasteiger partial charge on any atom is -0.446 e. The number of nitrogens with zero attached hydrogens (tertiary/aromatic N) is 2. The van der Waals surface area contributed by atoms with Gasteiger partial charge in [0.15, 0.2) is 5.89 Å². The van der Waals surface area contributed by atoms with E-state index >= 15 is 0 Å². The van der Waals surface area contributed by atoms with Gasteiger partial charge < -0.3 is 9.73 Å². The van der Waals surface area contributed by atoms with E-state index < -0.39 is 0 Å². The lowest BCUT2D eigenvalue weighted by Gasteiger charge is -2.26. The topological polar surface area (TPSA) is 41.3 Å². The molecule has 0 aromatic carbocycles. The molecule has 1 aromatic heterocycles. The number of piperazine rings is 1. The highest BCUT2D eigenvalue weighted by Crippen LogP contribution is 2.13. The van der Waals surface area contributed by atoms with Crippen LogP contribution in [0.2, 0.25) is 0 Å². The first-order valence-electron chi connectivity index (χ1n) is 5.68. The summed E-state index contributed by atoms with van der Waals surface area (Å²) in [5.41, 5.74) is 1.11. The quantitative estimate of drug-likeness (QED) is 0.804. The van der Waals surface area contributed by atoms with Gasteiger partial charge in [0.05, 0.1) is 5.69 Å². The Morgan fingerprint density at radius 3 is 2.73 bits per heavy atom. The lowest BCUT2D eigenvalue weighted by Crippen LogP contribution is -2.43. The molecule has 0 amide bonds. The number of hydrogen-bond acceptors (Lipinski definition) is 4. The molecule has 0 saturated carbocycles. The van der Waals surface area contributed by atoms with Crippen molar-refractivity contribution in [2.45, 2.75) is 26.8 Å². The molecule has 0 radical (unpaired) electrons. The van der Waals surface area contributed by atoms with Crippen LogP contribution < -0.4 is 5.32 Å². The molecule has 15 heavy (non-hydrogen) atoms. The zero-order valence-electron chi connectivity index (χ0n) is 9.55. The Morgan fingerprint density at radius 1 is 1.40 bits per heavy atom. The number of aromatic nitrogens is 1. The summed E-state index contributed by atoms with van der Waals surface area (Å²) in [6.07, 6.45) is 0.877. The third-order valence-corrected chi connectivity index (χ3v) is 2.82. The Kier molecular flexibility index (Phi) is 3.38. The minimum atomic E-state index is 0.859. The van der Waals surface area contributed by atoms with E-state index in [1.807, 2.05) is 6.92 Å². The third kappa shape index (κ3) is 2.58. The molecule has 1 aliphatic heterocycles. The molecular weight excluding hydrogens is 190 g/mol. The van der Waals surface area contributed by atoms with Crippen LogP contribution in [-0.2, 0) is 13.0 Å². The Labute approximate surface area is 90.7 Å². The van der Waals surface area contributed by atoms with Gasteiger partial charge in [-0.2, -0.15) is 0 Å². The van der Waals surface area contributed by atoms with Gasteiger partial charge in [-0.15, -0.1) is 0 Å². The molecule has 1 saturated heterocycles. The first kappa shape index (κ1) is 10.6. The van der Waals surface area contributed by atoms with Gasteiger partial charge in [-0.05, 0) is 6.92 Å². The molecule has 0 atom stereocenters. The molecule has 0 unspecified atom stereocenters. The Balaban J connectivity index is 1.99. The molecule has 1 aromatic rings. The average Bonchev–Trinajstić information content (AvgIpc) is 2.61. The molecule has 0 bridgehead atoms. The number of hydrogen-bond donors (Lipinski definition) is 1. The van der Waals surface area contributed by atoms with Crippen molar-refractivity contribution in [2.75, 3.05) is 26.2 Å². The molecule has 4 heteroatoms. The van der Waals surface area contributed by atoms with E-state index in [2.05, 4.69) is 22.1 Å². The molecule has 2 heterocycles. The zero-order valence-corrected chi connectivity index (χ0v) is 9.55. The summed E-state index contributed by atoms with van der Waals surface area (Å²) in [5.74, 6) is 1.84. The van der Waals surface area contributed by atoms with Crippen LogP contribution in [-0.4, -0.2) is 36.1 Å². The summed E-state index contributed by atoms with van der Waals surface area (Å²) in [6, 6.07) is 0. The molecule has 84 valence electrons. The van der Waals surface area contributed by atoms with E-state index in [-0.39, 0.29) is 0 Å². The second-order valence-corrected chi connectivity index (χ2v) is 3.99. The van der Waals surface area contributed by atoms with Crippen LogP contribution in [0.15, 0.2) is 4.42 Å². The van der Waals surface area contributed by atoms with Crippen LogP contribution in [0.5, 0.6) is 0 Å². The van der Waals surface area contributed by atoms with E-state index in [0.717, 1.165) is 56.5 Å². The molecule has 1 N–H and O–H groups in total. The molecule has 0 spiro atoms. The predicted octanol–water partition coefficient (Wildman–Crippen LogP) is 0.951. The van der Waals surface area contributed by atoms with Gasteiger partial charge in [0, 0.05) is 39.1 Å². The summed E-state index contributed by atoms with van der Waals surface area (Å²) < 4.78 is 5.55. The number of nitrogens with one attached hydrogen (secondary N) is 1. The zero-order chi connectivity index (χ0) is 10.7. The van der Waals surface area contributed by atoms with Crippen LogP contribution in [0, 0.1) is 6.92 Å². The first-order valence-corrected chi connectivity index (χ1v) is 5.68. The fourth-order valence-electron chi connectivity index (χ4n) is 1.87. The molecule has 4 nitrogen and oxygen atoms in total. The van der Waals surface area contributed by atoms with Crippen molar-refractivity contribution < 1.29 is 4.42 Å². The fraction of sp³-hybridized carbons (Fsp3) is 0.727. The largest absolute Gasteiger partial charge is 0.446 e. The molecule has 0 aliphatic carbocycles. The Morgan fingerprint density at radius 2 is 2.13 bits per heavy atom. The van der Waals surface area contributed by atoms with E-state index in [1.54, 1.807) is 0 Å². The van der Waals surface area contributed by atoms with Gasteiger partial charge >= 0.3 is 0 Å². The summed E-state index contributed by atoms with van der Waals surface area (Å²) in [7, 11) is 0. The van der Waals surface area contributed by atoms with Gasteiger partial charge in [-0.1, -0.05) is 6.92 Å². The molecular formula is C11H19N3O. The molecule has 1 fully saturated rings. The SMILES string of the molecule is CCc1nc(CN2CCNCC2)c(C)o1. The standard InChI is InChI=1S/C11H19N3O/c1-3-11-13-10(9(2)15-11)8-14-6-4-12-5-7-14/h12H,3-8H2,1-2H3. The Bertz CT molecular complexity index is 316. The first-order chi connectivity index (χ1) is 7.29. The number of aryl methyl sites for hydroxylation is 2. The van der Waals surface area contributed by atoms with Crippen molar-refractivity contribution in [3.05, 3.63) is 17.3 Å². The van der Waals surface area contributed by atoms with Crippen molar-refractivity contribution in [1.82, 2.24) is 15.2 Å². The van der Waals surface area contributed by atoms with Crippen molar-refractivity contribution in [3.8, 4) is 0 Å². The van der Waals surface area contributed by atoms with E-state index in [4.69, 9.17) is 4.42 Å². The van der Waals surface area contributed by atoms with Gasteiger partial charge in [0.1, 0.15) is 5.76 Å². The molecule has 2 rings (SSSR count). The lowest BCUT2D eigenvalue weighted by atomic mass is 10.3. The van der Waals surface area contributed by atoms with Crippen LogP contribution >= 0.6 is 0 Å². The second kappa shape index (κ2) is 4.77. The Hall–Kier alpha value is -0.870. The average molecular weight is 209 g/mol. The van der Waals surface area contributed by atoms with Gasteiger partial charge in [0.2, 0.25) is 0 Å². The second-order valence-electron chi connectivity index (χ2n) is 3.99. The summed E-state index contributed by atoms with van der Waals surface area (Å²) in [5, 5.41) is 3.35. The van der Waals surface area contributed by atoms with Crippen LogP contribution in [0.4, 0.5) is 0 Å². The van der Waals surface area contributed by atoms with Gasteiger partial charge in [0.25, 0.3) is 0 Å². The van der Waals surface area contributed by atoms with E-state index in [0.29, 0.717) is 0 Å². The third-order valence-electron chi connectivity index (χ3n) is 2.82. The predicted molar refractivity (Wildman–Crippen MR) is 58.8 cm³/mol. The monoisotopic (exact) mass is 209 g/mol. The highest BCUT2D eigenvalue weighted by molar-refractivity contribution is 5.08.